The molecule has 2 aromatic carbocycles. The molecule has 0 unspecified atom stereocenters. The summed E-state index contributed by atoms with van der Waals surface area (Å²) in [6, 6.07) is 10.8. The van der Waals surface area contributed by atoms with Crippen molar-refractivity contribution >= 4 is 33.4 Å². The zero-order valence-electron chi connectivity index (χ0n) is 16.5. The molecule has 0 saturated carbocycles. The molecule has 0 radical (unpaired) electrons. The van der Waals surface area contributed by atoms with Crippen LogP contribution in [0.15, 0.2) is 47.4 Å². The number of carbonyl (C=O) groups excluding carboxylic acids is 2. The number of para-hydroxylation sites is 1. The van der Waals surface area contributed by atoms with E-state index in [1.54, 1.807) is 24.3 Å². The van der Waals surface area contributed by atoms with Crippen molar-refractivity contribution in [1.82, 2.24) is 4.31 Å². The quantitative estimate of drug-likeness (QED) is 0.346. The Kier molecular flexibility index (Phi) is 7.12. The van der Waals surface area contributed by atoms with Crippen LogP contribution in [-0.4, -0.2) is 50.8 Å². The number of ketones is 1. The van der Waals surface area contributed by atoms with E-state index in [4.69, 9.17) is 21.1 Å². The topological polar surface area (TPSA) is 90.0 Å². The second kappa shape index (κ2) is 9.59. The molecule has 2 aromatic rings. The van der Waals surface area contributed by atoms with Crippen LogP contribution in [0.5, 0.6) is 5.75 Å². The van der Waals surface area contributed by atoms with Crippen LogP contribution in [0, 0.1) is 0 Å². The number of carbonyl (C=O) groups is 2. The van der Waals surface area contributed by atoms with Crippen molar-refractivity contribution in [2.45, 2.75) is 24.7 Å². The molecular weight excluding hydrogens is 430 g/mol. The lowest BCUT2D eigenvalue weighted by molar-refractivity contribution is 0.0449. The third kappa shape index (κ3) is 5.00. The SMILES string of the molecule is CC(=O)c1ccccc1OCCOC(=O)c1ccc(Cl)c(S(=O)(=O)N2CCCC2)c1. The highest BCUT2D eigenvalue weighted by Crippen LogP contribution is 2.28. The van der Waals surface area contributed by atoms with E-state index in [-0.39, 0.29) is 34.5 Å². The molecule has 0 aliphatic carbocycles. The number of esters is 1. The monoisotopic (exact) mass is 451 g/mol. The lowest BCUT2D eigenvalue weighted by Gasteiger charge is -2.17. The van der Waals surface area contributed by atoms with E-state index in [2.05, 4.69) is 0 Å². The van der Waals surface area contributed by atoms with Crippen LogP contribution >= 0.6 is 11.6 Å². The van der Waals surface area contributed by atoms with E-state index in [1.165, 1.54) is 29.4 Å². The molecule has 0 bridgehead atoms. The zero-order chi connectivity index (χ0) is 21.7. The maximum absolute atomic E-state index is 12.8. The number of rotatable bonds is 8. The molecule has 1 aliphatic heterocycles. The minimum atomic E-state index is -3.76. The Bertz CT molecular complexity index is 1050. The number of benzene rings is 2. The maximum atomic E-state index is 12.8. The molecule has 9 heteroatoms. The summed E-state index contributed by atoms with van der Waals surface area (Å²) in [7, 11) is -3.76. The van der Waals surface area contributed by atoms with Crippen molar-refractivity contribution < 1.29 is 27.5 Å². The predicted molar refractivity (Wildman–Crippen MR) is 112 cm³/mol. The summed E-state index contributed by atoms with van der Waals surface area (Å²) < 4.78 is 37.6. The summed E-state index contributed by atoms with van der Waals surface area (Å²) in [6.07, 6.45) is 1.59. The average molecular weight is 452 g/mol. The first-order chi connectivity index (χ1) is 14.3. The highest BCUT2D eigenvalue weighted by Gasteiger charge is 2.30. The standard InChI is InChI=1S/C21H22ClNO6S/c1-15(24)17-6-2-3-7-19(17)28-12-13-29-21(25)16-8-9-18(22)20(14-16)30(26,27)23-10-4-5-11-23/h2-3,6-9,14H,4-5,10-13H2,1H3. The molecule has 0 spiro atoms. The van der Waals surface area contributed by atoms with E-state index >= 15 is 0 Å². The molecule has 30 heavy (non-hydrogen) atoms. The number of hydrogen-bond acceptors (Lipinski definition) is 6. The molecule has 1 fully saturated rings. The molecule has 0 amide bonds. The lowest BCUT2D eigenvalue weighted by atomic mass is 10.1. The lowest BCUT2D eigenvalue weighted by Crippen LogP contribution is -2.28. The molecule has 0 N–H and O–H groups in total. The highest BCUT2D eigenvalue weighted by atomic mass is 35.5. The van der Waals surface area contributed by atoms with Crippen molar-refractivity contribution in [3.05, 3.63) is 58.6 Å². The van der Waals surface area contributed by atoms with Gasteiger partial charge in [0.2, 0.25) is 10.0 Å². The van der Waals surface area contributed by atoms with Gasteiger partial charge in [-0.2, -0.15) is 4.31 Å². The van der Waals surface area contributed by atoms with Gasteiger partial charge in [0.1, 0.15) is 23.9 Å². The second-order valence-corrected chi connectivity index (χ2v) is 9.11. The van der Waals surface area contributed by atoms with Crippen LogP contribution in [-0.2, 0) is 14.8 Å². The molecule has 3 rings (SSSR count). The number of halogens is 1. The Balaban J connectivity index is 1.63. The summed E-state index contributed by atoms with van der Waals surface area (Å²) in [5.41, 5.74) is 0.527. The number of sulfonamides is 1. The molecule has 0 aromatic heterocycles. The van der Waals surface area contributed by atoms with Gasteiger partial charge in [0.15, 0.2) is 5.78 Å². The Hall–Kier alpha value is -2.42. The van der Waals surface area contributed by atoms with Gasteiger partial charge in [-0.3, -0.25) is 4.79 Å². The minimum absolute atomic E-state index is 0.0442. The summed E-state index contributed by atoms with van der Waals surface area (Å²) in [4.78, 5) is 23.9. The first-order valence-electron chi connectivity index (χ1n) is 9.50. The fraction of sp³-hybridized carbons (Fsp3) is 0.333. The number of hydrogen-bond donors (Lipinski definition) is 0. The van der Waals surface area contributed by atoms with Crippen LogP contribution in [0.3, 0.4) is 0 Å². The molecule has 1 heterocycles. The predicted octanol–water partition coefficient (Wildman–Crippen LogP) is 3.56. The van der Waals surface area contributed by atoms with E-state index in [0.717, 1.165) is 12.8 Å². The Morgan fingerprint density at radius 1 is 1.07 bits per heavy atom. The first kappa shape index (κ1) is 22.3. The van der Waals surface area contributed by atoms with Crippen molar-refractivity contribution in [1.29, 1.82) is 0 Å². The zero-order valence-corrected chi connectivity index (χ0v) is 18.0. The molecule has 1 saturated heterocycles. The van der Waals surface area contributed by atoms with Crippen LogP contribution < -0.4 is 4.74 Å². The fourth-order valence-corrected chi connectivity index (χ4v) is 5.17. The van der Waals surface area contributed by atoms with Gasteiger partial charge in [-0.15, -0.1) is 0 Å². The first-order valence-corrected chi connectivity index (χ1v) is 11.3. The third-order valence-corrected chi connectivity index (χ3v) is 7.07. The van der Waals surface area contributed by atoms with Crippen molar-refractivity contribution in [3.8, 4) is 5.75 Å². The summed E-state index contributed by atoms with van der Waals surface area (Å²) in [6.45, 7) is 2.29. The molecular formula is C21H22ClNO6S. The number of ether oxygens (including phenoxy) is 2. The van der Waals surface area contributed by atoms with Gasteiger partial charge in [-0.25, -0.2) is 13.2 Å². The van der Waals surface area contributed by atoms with E-state index in [1.807, 2.05) is 0 Å². The van der Waals surface area contributed by atoms with Crippen LogP contribution in [0.4, 0.5) is 0 Å². The van der Waals surface area contributed by atoms with Crippen molar-refractivity contribution in [2.75, 3.05) is 26.3 Å². The molecule has 7 nitrogen and oxygen atoms in total. The Morgan fingerprint density at radius 3 is 2.47 bits per heavy atom. The summed E-state index contributed by atoms with van der Waals surface area (Å²) in [5, 5.41) is 0.0580. The van der Waals surface area contributed by atoms with Gasteiger partial charge in [-0.05, 0) is 50.1 Å². The van der Waals surface area contributed by atoms with E-state index in [9.17, 15) is 18.0 Å². The van der Waals surface area contributed by atoms with Gasteiger partial charge in [-0.1, -0.05) is 23.7 Å². The van der Waals surface area contributed by atoms with Crippen LogP contribution in [0.25, 0.3) is 0 Å². The average Bonchev–Trinajstić information content (AvgIpc) is 3.27. The van der Waals surface area contributed by atoms with Gasteiger partial charge in [0, 0.05) is 13.1 Å². The van der Waals surface area contributed by atoms with Gasteiger partial charge in [0.05, 0.1) is 16.1 Å². The van der Waals surface area contributed by atoms with Crippen LogP contribution in [0.1, 0.15) is 40.5 Å². The molecule has 160 valence electrons. The van der Waals surface area contributed by atoms with Gasteiger partial charge >= 0.3 is 5.97 Å². The number of Topliss-reactive ketones (excluding diaryl/α,β-unsaturated/α-hetero) is 1. The van der Waals surface area contributed by atoms with Gasteiger partial charge < -0.3 is 9.47 Å². The van der Waals surface area contributed by atoms with Gasteiger partial charge in [0.25, 0.3) is 0 Å². The van der Waals surface area contributed by atoms with Crippen molar-refractivity contribution in [3.63, 3.8) is 0 Å². The van der Waals surface area contributed by atoms with Crippen LogP contribution in [0.2, 0.25) is 5.02 Å². The summed E-state index contributed by atoms with van der Waals surface area (Å²) in [5.74, 6) is -0.407. The normalized spacial score (nSPS) is 14.5. The van der Waals surface area contributed by atoms with E-state index < -0.39 is 16.0 Å². The third-order valence-electron chi connectivity index (χ3n) is 4.69. The molecule has 0 atom stereocenters. The fourth-order valence-electron chi connectivity index (χ4n) is 3.15. The van der Waals surface area contributed by atoms with E-state index in [0.29, 0.717) is 24.4 Å². The highest BCUT2D eigenvalue weighted by molar-refractivity contribution is 7.89. The summed E-state index contributed by atoms with van der Waals surface area (Å²) >= 11 is 6.09. The minimum Gasteiger partial charge on any atom is -0.489 e. The molecule has 1 aliphatic rings. The van der Waals surface area contributed by atoms with Crippen molar-refractivity contribution in [2.24, 2.45) is 0 Å². The largest absolute Gasteiger partial charge is 0.489 e. The smallest absolute Gasteiger partial charge is 0.338 e. The Morgan fingerprint density at radius 2 is 1.77 bits per heavy atom. The maximum Gasteiger partial charge on any atom is 0.338 e. The number of nitrogens with zero attached hydrogens (tertiary/aromatic N) is 1. The second-order valence-electron chi connectivity index (χ2n) is 6.79. The Labute approximate surface area is 180 Å².